The quantitative estimate of drug-likeness (QED) is 0.527. The van der Waals surface area contributed by atoms with Gasteiger partial charge in [-0.15, -0.1) is 0 Å². The molecule has 0 aromatic carbocycles. The average molecular weight is 445 g/mol. The first-order chi connectivity index (χ1) is 12.2. The maximum absolute atomic E-state index is 12.3. The molecule has 5 N–H and O–H groups in total. The number of carboxylic acid groups (broad SMARTS) is 1. The third-order valence-corrected chi connectivity index (χ3v) is 4.47. The minimum atomic E-state index is -1.55. The number of pyridine rings is 1. The first kappa shape index (κ1) is 23.0. The molecule has 0 aliphatic heterocycles. The van der Waals surface area contributed by atoms with Crippen molar-refractivity contribution in [3.8, 4) is 0 Å². The Morgan fingerprint density at radius 2 is 1.85 bits per heavy atom. The Morgan fingerprint density at radius 1 is 1.26 bits per heavy atom. The molecule has 8 nitrogen and oxygen atoms in total. The van der Waals surface area contributed by atoms with Gasteiger partial charge in [-0.1, -0.05) is 20.8 Å². The zero-order valence-corrected chi connectivity index (χ0v) is 18.2. The number of ether oxygens (including phenoxy) is 1. The van der Waals surface area contributed by atoms with Crippen molar-refractivity contribution in [2.45, 2.75) is 59.1 Å². The number of carboxylic acids is 1. The van der Waals surface area contributed by atoms with Crippen LogP contribution in [0.5, 0.6) is 0 Å². The van der Waals surface area contributed by atoms with Crippen LogP contribution in [0.15, 0.2) is 16.7 Å². The van der Waals surface area contributed by atoms with Gasteiger partial charge in [-0.05, 0) is 54.6 Å². The number of alkyl carbamates (subject to hydrolysis) is 1. The lowest BCUT2D eigenvalue weighted by atomic mass is 9.71. The van der Waals surface area contributed by atoms with Gasteiger partial charge in [0, 0.05) is 17.2 Å². The molecule has 0 aliphatic rings. The van der Waals surface area contributed by atoms with E-state index in [-0.39, 0.29) is 13.0 Å². The summed E-state index contributed by atoms with van der Waals surface area (Å²) >= 11 is 3.28. The molecule has 0 bridgehead atoms. The Balaban J connectivity index is 3.01. The third kappa shape index (κ3) is 6.27. The van der Waals surface area contributed by atoms with Crippen molar-refractivity contribution >= 4 is 39.5 Å². The number of hydrogen-bond donors (Lipinski definition) is 4. The van der Waals surface area contributed by atoms with Crippen LogP contribution < -0.4 is 16.4 Å². The number of nitrogen functional groups attached to an aromatic ring is 1. The molecule has 27 heavy (non-hydrogen) atoms. The molecule has 1 unspecified atom stereocenters. The molecule has 0 aliphatic carbocycles. The van der Waals surface area contributed by atoms with E-state index in [2.05, 4.69) is 31.5 Å². The lowest BCUT2D eigenvalue weighted by Gasteiger charge is -2.42. The maximum Gasteiger partial charge on any atom is 0.408 e. The molecule has 1 aromatic rings. The number of carbonyl (C=O) groups excluding carboxylic acids is 1. The number of anilines is 2. The van der Waals surface area contributed by atoms with Crippen LogP contribution in [0.25, 0.3) is 0 Å². The van der Waals surface area contributed by atoms with Gasteiger partial charge in [0.1, 0.15) is 17.0 Å². The number of aromatic nitrogens is 1. The van der Waals surface area contributed by atoms with Crippen molar-refractivity contribution < 1.29 is 19.4 Å². The van der Waals surface area contributed by atoms with Gasteiger partial charge < -0.3 is 26.2 Å². The molecule has 0 saturated heterocycles. The van der Waals surface area contributed by atoms with Crippen LogP contribution in [0, 0.1) is 5.41 Å². The molecule has 1 heterocycles. The lowest BCUT2D eigenvalue weighted by Crippen LogP contribution is -2.63. The smallest absolute Gasteiger partial charge is 0.408 e. The van der Waals surface area contributed by atoms with Crippen molar-refractivity contribution in [3.05, 3.63) is 16.7 Å². The molecular weight excluding hydrogens is 416 g/mol. The molecule has 152 valence electrons. The minimum absolute atomic E-state index is 0.0995. The average Bonchev–Trinajstić information content (AvgIpc) is 2.44. The van der Waals surface area contributed by atoms with Gasteiger partial charge in [0.2, 0.25) is 0 Å². The lowest BCUT2D eigenvalue weighted by molar-refractivity contribution is -0.150. The van der Waals surface area contributed by atoms with Crippen molar-refractivity contribution in [3.63, 3.8) is 0 Å². The summed E-state index contributed by atoms with van der Waals surface area (Å²) < 4.78 is 6.01. The number of rotatable bonds is 6. The number of nitrogens with zero attached hydrogens (tertiary/aromatic N) is 1. The highest BCUT2D eigenvalue weighted by molar-refractivity contribution is 9.10. The fourth-order valence-electron chi connectivity index (χ4n) is 2.56. The first-order valence-corrected chi connectivity index (χ1v) is 9.37. The van der Waals surface area contributed by atoms with Crippen molar-refractivity contribution in [2.24, 2.45) is 5.41 Å². The van der Waals surface area contributed by atoms with Gasteiger partial charge in [-0.3, -0.25) is 0 Å². The van der Waals surface area contributed by atoms with E-state index < -0.39 is 28.6 Å². The summed E-state index contributed by atoms with van der Waals surface area (Å²) in [5.74, 6) is -0.692. The zero-order valence-electron chi connectivity index (χ0n) is 16.6. The molecule has 0 fully saturated rings. The number of nitrogens with one attached hydrogen (secondary N) is 2. The summed E-state index contributed by atoms with van der Waals surface area (Å²) in [6, 6.07) is 1.70. The Morgan fingerprint density at radius 3 is 2.30 bits per heavy atom. The van der Waals surface area contributed by atoms with Gasteiger partial charge >= 0.3 is 12.1 Å². The standard InChI is InChI=1S/C18H29BrN4O4/c1-16(2,3)18(14(24)25,23-15(26)27-17(4,5)6)7-8-21-13-12(20)9-11(19)10-22-13/h9-10H,7-8,20H2,1-6H3,(H,21,22)(H,23,26)(H,24,25). The predicted octanol–water partition coefficient (Wildman–Crippen LogP) is 3.62. The van der Waals surface area contributed by atoms with Gasteiger partial charge in [0.25, 0.3) is 0 Å². The summed E-state index contributed by atoms with van der Waals surface area (Å²) in [6.45, 7) is 10.7. The number of nitrogens with two attached hydrogens (primary N) is 1. The maximum atomic E-state index is 12.3. The van der Waals surface area contributed by atoms with Gasteiger partial charge in [-0.25, -0.2) is 14.6 Å². The van der Waals surface area contributed by atoms with Crippen LogP contribution in [-0.4, -0.2) is 39.8 Å². The molecular formula is C18H29BrN4O4. The molecule has 9 heteroatoms. The fraction of sp³-hybridized carbons (Fsp3) is 0.611. The Kier molecular flexibility index (Phi) is 7.10. The molecule has 0 saturated carbocycles. The Bertz CT molecular complexity index is 698. The Labute approximate surface area is 168 Å². The first-order valence-electron chi connectivity index (χ1n) is 8.57. The van der Waals surface area contributed by atoms with E-state index in [4.69, 9.17) is 10.5 Å². The van der Waals surface area contributed by atoms with E-state index >= 15 is 0 Å². The molecule has 1 amide bonds. The highest BCUT2D eigenvalue weighted by Gasteiger charge is 2.50. The van der Waals surface area contributed by atoms with Crippen LogP contribution in [0.1, 0.15) is 48.0 Å². The molecule has 0 radical (unpaired) electrons. The fourth-order valence-corrected chi connectivity index (χ4v) is 2.90. The van der Waals surface area contributed by atoms with Gasteiger partial charge in [-0.2, -0.15) is 0 Å². The highest BCUT2D eigenvalue weighted by Crippen LogP contribution is 2.34. The molecule has 0 spiro atoms. The number of halogens is 1. The molecule has 1 aromatic heterocycles. The largest absolute Gasteiger partial charge is 0.479 e. The third-order valence-electron chi connectivity index (χ3n) is 4.04. The highest BCUT2D eigenvalue weighted by atomic mass is 79.9. The van der Waals surface area contributed by atoms with Crippen LogP contribution in [-0.2, 0) is 9.53 Å². The number of amides is 1. The monoisotopic (exact) mass is 444 g/mol. The second-order valence-corrected chi connectivity index (χ2v) is 9.27. The second-order valence-electron chi connectivity index (χ2n) is 8.36. The van der Waals surface area contributed by atoms with E-state index in [0.717, 1.165) is 4.47 Å². The second kappa shape index (κ2) is 8.33. The summed E-state index contributed by atoms with van der Waals surface area (Å²) in [6.07, 6.45) is 0.912. The molecule has 1 atom stereocenters. The zero-order chi connectivity index (χ0) is 21.0. The van der Waals surface area contributed by atoms with Crippen LogP contribution in [0.2, 0.25) is 0 Å². The number of aliphatic carboxylic acids is 1. The van der Waals surface area contributed by atoms with Gasteiger partial charge in [0.15, 0.2) is 0 Å². The topological polar surface area (TPSA) is 127 Å². The van der Waals surface area contributed by atoms with Crippen molar-refractivity contribution in [1.82, 2.24) is 10.3 Å². The SMILES string of the molecule is CC(C)(C)OC(=O)NC(CCNc1ncc(Br)cc1N)(C(=O)O)C(C)(C)C. The van der Waals surface area contributed by atoms with Crippen molar-refractivity contribution in [1.29, 1.82) is 0 Å². The van der Waals surface area contributed by atoms with E-state index in [1.807, 2.05) is 0 Å². The number of hydrogen-bond acceptors (Lipinski definition) is 6. The van der Waals surface area contributed by atoms with Crippen molar-refractivity contribution in [2.75, 3.05) is 17.6 Å². The van der Waals surface area contributed by atoms with Crippen LogP contribution >= 0.6 is 15.9 Å². The predicted molar refractivity (Wildman–Crippen MR) is 109 cm³/mol. The van der Waals surface area contributed by atoms with Crippen LogP contribution in [0.4, 0.5) is 16.3 Å². The normalized spacial score (nSPS) is 14.2. The van der Waals surface area contributed by atoms with E-state index in [1.54, 1.807) is 53.8 Å². The summed E-state index contributed by atoms with van der Waals surface area (Å²) in [4.78, 5) is 28.6. The van der Waals surface area contributed by atoms with Gasteiger partial charge in [0.05, 0.1) is 5.69 Å². The summed E-state index contributed by atoms with van der Waals surface area (Å²) in [5.41, 5.74) is 3.27. The minimum Gasteiger partial charge on any atom is -0.479 e. The summed E-state index contributed by atoms with van der Waals surface area (Å²) in [5, 5.41) is 15.6. The Hall–Kier alpha value is -2.03. The summed E-state index contributed by atoms with van der Waals surface area (Å²) in [7, 11) is 0. The van der Waals surface area contributed by atoms with E-state index in [9.17, 15) is 14.7 Å². The van der Waals surface area contributed by atoms with E-state index in [0.29, 0.717) is 11.5 Å². The number of carbonyl (C=O) groups is 2. The molecule has 1 rings (SSSR count). The van der Waals surface area contributed by atoms with E-state index in [1.165, 1.54) is 0 Å². The van der Waals surface area contributed by atoms with Crippen LogP contribution in [0.3, 0.4) is 0 Å².